The summed E-state index contributed by atoms with van der Waals surface area (Å²) >= 11 is 0. The van der Waals surface area contributed by atoms with Gasteiger partial charge in [0.1, 0.15) is 0 Å². The zero-order valence-electron chi connectivity index (χ0n) is 12.3. The van der Waals surface area contributed by atoms with Crippen LogP contribution < -0.4 is 0 Å². The zero-order chi connectivity index (χ0) is 14.2. The third kappa shape index (κ3) is 2.11. The van der Waals surface area contributed by atoms with Crippen LogP contribution in [0.1, 0.15) is 36.6 Å². The Morgan fingerprint density at radius 2 is 1.81 bits per heavy atom. The van der Waals surface area contributed by atoms with E-state index in [1.54, 1.807) is 0 Å². The highest BCUT2D eigenvalue weighted by atomic mass is 15.2. The quantitative estimate of drug-likeness (QED) is 0.783. The maximum absolute atomic E-state index is 4.17. The molecule has 0 radical (unpaired) electrons. The van der Waals surface area contributed by atoms with E-state index < -0.39 is 0 Å². The molecule has 1 fully saturated rings. The van der Waals surface area contributed by atoms with Crippen LogP contribution in [0.25, 0.3) is 0 Å². The van der Waals surface area contributed by atoms with Crippen LogP contribution in [0.15, 0.2) is 67.0 Å². The molecule has 4 rings (SSSR count). The molecule has 1 aliphatic carbocycles. The van der Waals surface area contributed by atoms with Crippen molar-refractivity contribution in [1.82, 2.24) is 9.88 Å². The number of nitrogens with zero attached hydrogens (tertiary/aromatic N) is 2. The van der Waals surface area contributed by atoms with Crippen LogP contribution in [0.3, 0.4) is 0 Å². The number of benzene rings is 1. The van der Waals surface area contributed by atoms with Gasteiger partial charge in [-0.2, -0.15) is 0 Å². The van der Waals surface area contributed by atoms with Crippen molar-refractivity contribution in [3.8, 4) is 0 Å². The van der Waals surface area contributed by atoms with Crippen LogP contribution in [0.5, 0.6) is 0 Å². The van der Waals surface area contributed by atoms with Crippen molar-refractivity contribution in [2.24, 2.45) is 5.92 Å². The molecule has 0 unspecified atom stereocenters. The fraction of sp³-hybridized carbons (Fsp3) is 0.316. The van der Waals surface area contributed by atoms with E-state index >= 15 is 0 Å². The third-order valence-corrected chi connectivity index (χ3v) is 4.98. The van der Waals surface area contributed by atoms with E-state index in [2.05, 4.69) is 71.4 Å². The van der Waals surface area contributed by atoms with E-state index in [1.807, 2.05) is 12.4 Å². The molecule has 0 saturated carbocycles. The van der Waals surface area contributed by atoms with E-state index in [0.29, 0.717) is 24.0 Å². The molecule has 0 spiro atoms. The number of aromatic nitrogens is 1. The van der Waals surface area contributed by atoms with Gasteiger partial charge in [0.25, 0.3) is 0 Å². The second kappa shape index (κ2) is 5.12. The average molecular weight is 276 g/mol. The monoisotopic (exact) mass is 276 g/mol. The molecular formula is C19H20N2. The van der Waals surface area contributed by atoms with Crippen molar-refractivity contribution in [2.45, 2.75) is 31.5 Å². The number of hydrogen-bond donors (Lipinski definition) is 0. The van der Waals surface area contributed by atoms with Crippen LogP contribution >= 0.6 is 0 Å². The Hall–Kier alpha value is -1.93. The van der Waals surface area contributed by atoms with Gasteiger partial charge >= 0.3 is 0 Å². The SMILES string of the molecule is C[C@@H](c1ccccc1)N1[C@@H]2C=C[C@@H](C2)[C@@H]1c1ccncc1. The summed E-state index contributed by atoms with van der Waals surface area (Å²) in [6, 6.07) is 16.7. The molecule has 2 aromatic rings. The minimum Gasteiger partial charge on any atom is -0.283 e. The minimum absolute atomic E-state index is 0.435. The maximum atomic E-state index is 4.17. The molecule has 2 bridgehead atoms. The van der Waals surface area contributed by atoms with Crippen LogP contribution in [0, 0.1) is 5.92 Å². The topological polar surface area (TPSA) is 16.1 Å². The summed E-state index contributed by atoms with van der Waals surface area (Å²) in [7, 11) is 0. The van der Waals surface area contributed by atoms with Crippen molar-refractivity contribution < 1.29 is 0 Å². The zero-order valence-corrected chi connectivity index (χ0v) is 12.3. The number of rotatable bonds is 3. The average Bonchev–Trinajstić information content (AvgIpc) is 3.17. The van der Waals surface area contributed by atoms with Crippen LogP contribution in [-0.2, 0) is 0 Å². The van der Waals surface area contributed by atoms with Crippen molar-refractivity contribution >= 4 is 0 Å². The largest absolute Gasteiger partial charge is 0.283 e. The van der Waals surface area contributed by atoms with Crippen molar-refractivity contribution in [3.63, 3.8) is 0 Å². The van der Waals surface area contributed by atoms with Crippen molar-refractivity contribution in [3.05, 3.63) is 78.1 Å². The third-order valence-electron chi connectivity index (χ3n) is 4.98. The van der Waals surface area contributed by atoms with E-state index in [1.165, 1.54) is 17.5 Å². The first-order valence-corrected chi connectivity index (χ1v) is 7.75. The van der Waals surface area contributed by atoms with Gasteiger partial charge in [0, 0.05) is 30.5 Å². The first kappa shape index (κ1) is 12.8. The summed E-state index contributed by atoms with van der Waals surface area (Å²) in [5.41, 5.74) is 2.79. The second-order valence-corrected chi connectivity index (χ2v) is 6.11. The molecule has 1 aliphatic heterocycles. The fourth-order valence-corrected chi connectivity index (χ4v) is 4.00. The van der Waals surface area contributed by atoms with Crippen molar-refractivity contribution in [2.75, 3.05) is 0 Å². The molecule has 2 aliphatic rings. The van der Waals surface area contributed by atoms with Gasteiger partial charge in [-0.3, -0.25) is 9.88 Å². The van der Waals surface area contributed by atoms with Crippen LogP contribution in [-0.4, -0.2) is 15.9 Å². The molecule has 0 amide bonds. The highest BCUT2D eigenvalue weighted by molar-refractivity contribution is 5.29. The number of hydrogen-bond acceptors (Lipinski definition) is 2. The lowest BCUT2D eigenvalue weighted by molar-refractivity contribution is 0.145. The fourth-order valence-electron chi connectivity index (χ4n) is 4.00. The predicted molar refractivity (Wildman–Crippen MR) is 84.7 cm³/mol. The van der Waals surface area contributed by atoms with Crippen LogP contribution in [0.2, 0.25) is 0 Å². The van der Waals surface area contributed by atoms with E-state index in [0.717, 1.165) is 0 Å². The smallest absolute Gasteiger partial charge is 0.0424 e. The first-order valence-electron chi connectivity index (χ1n) is 7.75. The molecule has 2 heteroatoms. The van der Waals surface area contributed by atoms with E-state index in [-0.39, 0.29) is 0 Å². The highest BCUT2D eigenvalue weighted by Crippen LogP contribution is 2.50. The lowest BCUT2D eigenvalue weighted by Gasteiger charge is -2.38. The van der Waals surface area contributed by atoms with Gasteiger partial charge in [-0.15, -0.1) is 0 Å². The van der Waals surface area contributed by atoms with Gasteiger partial charge in [-0.1, -0.05) is 42.5 Å². The Morgan fingerprint density at radius 3 is 2.57 bits per heavy atom. The van der Waals surface area contributed by atoms with Gasteiger partial charge in [0.2, 0.25) is 0 Å². The van der Waals surface area contributed by atoms with Gasteiger partial charge in [0.05, 0.1) is 0 Å². The van der Waals surface area contributed by atoms with Crippen LogP contribution in [0.4, 0.5) is 0 Å². The summed E-state index contributed by atoms with van der Waals surface area (Å²) < 4.78 is 0. The summed E-state index contributed by atoms with van der Waals surface area (Å²) in [6.07, 6.45) is 9.88. The standard InChI is InChI=1S/C19H20N2/c1-14(15-5-3-2-4-6-15)21-18-8-7-17(13-18)19(21)16-9-11-20-12-10-16/h2-12,14,17-19H,13H2,1H3/t14-,17-,18+,19-/m0/s1. The van der Waals surface area contributed by atoms with Gasteiger partial charge in [-0.05, 0) is 42.5 Å². The first-order chi connectivity index (χ1) is 10.3. The molecule has 106 valence electrons. The second-order valence-electron chi connectivity index (χ2n) is 6.11. The summed E-state index contributed by atoms with van der Waals surface area (Å²) in [5.74, 6) is 0.642. The molecular weight excluding hydrogens is 256 g/mol. The molecule has 4 atom stereocenters. The van der Waals surface area contributed by atoms with Crippen molar-refractivity contribution in [1.29, 1.82) is 0 Å². The summed E-state index contributed by atoms with van der Waals surface area (Å²) in [6.45, 7) is 2.33. The molecule has 1 saturated heterocycles. The number of fused-ring (bicyclic) bond motifs is 2. The molecule has 2 nitrogen and oxygen atoms in total. The Morgan fingerprint density at radius 1 is 1.05 bits per heavy atom. The van der Waals surface area contributed by atoms with E-state index in [4.69, 9.17) is 0 Å². The Labute approximate surface area is 126 Å². The molecule has 1 aromatic carbocycles. The maximum Gasteiger partial charge on any atom is 0.0424 e. The predicted octanol–water partition coefficient (Wildman–Crippen LogP) is 4.14. The Balaban J connectivity index is 1.71. The number of likely N-dealkylation sites (tertiary alicyclic amines) is 1. The lowest BCUT2D eigenvalue weighted by atomic mass is 9.93. The normalized spacial score (nSPS) is 28.9. The Bertz CT molecular complexity index is 635. The molecule has 2 heterocycles. The van der Waals surface area contributed by atoms with E-state index in [9.17, 15) is 0 Å². The number of pyridine rings is 1. The minimum atomic E-state index is 0.435. The van der Waals surface area contributed by atoms with Gasteiger partial charge in [-0.25, -0.2) is 0 Å². The molecule has 1 aromatic heterocycles. The Kier molecular flexibility index (Phi) is 3.12. The highest BCUT2D eigenvalue weighted by Gasteiger charge is 2.45. The molecule has 0 N–H and O–H groups in total. The van der Waals surface area contributed by atoms with Gasteiger partial charge in [0.15, 0.2) is 0 Å². The summed E-state index contributed by atoms with van der Waals surface area (Å²) in [5, 5.41) is 0. The lowest BCUT2D eigenvalue weighted by Crippen LogP contribution is -2.35. The van der Waals surface area contributed by atoms with Gasteiger partial charge < -0.3 is 0 Å². The summed E-state index contributed by atoms with van der Waals surface area (Å²) in [4.78, 5) is 6.85. The molecule has 21 heavy (non-hydrogen) atoms.